The van der Waals surface area contributed by atoms with Gasteiger partial charge in [-0.15, -0.1) is 0 Å². The largest absolute Gasteiger partial charge is 0.369 e. The predicted octanol–water partition coefficient (Wildman–Crippen LogP) is 1.81. The number of piperazine rings is 1. The van der Waals surface area contributed by atoms with Crippen LogP contribution in [0.2, 0.25) is 5.02 Å². The highest BCUT2D eigenvalue weighted by Crippen LogP contribution is 2.24. The lowest BCUT2D eigenvalue weighted by Gasteiger charge is -2.34. The van der Waals surface area contributed by atoms with Crippen molar-refractivity contribution in [3.63, 3.8) is 0 Å². The van der Waals surface area contributed by atoms with Gasteiger partial charge in [-0.05, 0) is 31.8 Å². The highest BCUT2D eigenvalue weighted by atomic mass is 35.5. The van der Waals surface area contributed by atoms with Gasteiger partial charge < -0.3 is 15.1 Å². The summed E-state index contributed by atoms with van der Waals surface area (Å²) >= 11 is 6.28. The molecule has 1 aromatic rings. The monoisotopic (exact) mass is 253 g/mol. The molecule has 17 heavy (non-hydrogen) atoms. The number of hydrogen-bond acceptors (Lipinski definition) is 3. The highest BCUT2D eigenvalue weighted by Gasteiger charge is 2.14. The van der Waals surface area contributed by atoms with E-state index in [1.165, 1.54) is 5.69 Å². The van der Waals surface area contributed by atoms with Crippen LogP contribution in [0.4, 0.5) is 5.69 Å². The van der Waals surface area contributed by atoms with Crippen molar-refractivity contribution in [2.45, 2.75) is 6.54 Å². The van der Waals surface area contributed by atoms with Crippen LogP contribution in [0.3, 0.4) is 0 Å². The minimum Gasteiger partial charge on any atom is -0.369 e. The number of nitrogens with one attached hydrogen (secondary N) is 1. The van der Waals surface area contributed by atoms with Crippen molar-refractivity contribution in [1.29, 1.82) is 0 Å². The molecule has 0 aromatic heterocycles. The van der Waals surface area contributed by atoms with Crippen LogP contribution < -0.4 is 10.2 Å². The zero-order valence-electron chi connectivity index (χ0n) is 10.5. The smallest absolute Gasteiger partial charge is 0.0471 e. The summed E-state index contributed by atoms with van der Waals surface area (Å²) in [5.41, 5.74) is 2.40. The normalized spacial score (nSPS) is 17.5. The third-order valence-electron chi connectivity index (χ3n) is 3.27. The number of likely N-dealkylation sites (N-methyl/N-ethyl adjacent to an activating group) is 1. The first-order valence-corrected chi connectivity index (χ1v) is 6.45. The maximum absolute atomic E-state index is 6.28. The Labute approximate surface area is 108 Å². The van der Waals surface area contributed by atoms with E-state index in [4.69, 9.17) is 11.6 Å². The van der Waals surface area contributed by atoms with E-state index in [1.807, 2.05) is 7.05 Å². The molecule has 4 heteroatoms. The molecule has 0 unspecified atom stereocenters. The van der Waals surface area contributed by atoms with Crippen molar-refractivity contribution in [2.24, 2.45) is 0 Å². The van der Waals surface area contributed by atoms with Crippen molar-refractivity contribution in [1.82, 2.24) is 10.2 Å². The summed E-state index contributed by atoms with van der Waals surface area (Å²) in [5, 5.41) is 3.98. The standard InChI is InChI=1S/C13H20ClN3/c1-15-10-11-3-4-12(9-13(11)14)17-7-5-16(2)6-8-17/h3-4,9,15H,5-8,10H2,1-2H3. The maximum Gasteiger partial charge on any atom is 0.0471 e. The molecule has 94 valence electrons. The van der Waals surface area contributed by atoms with Crippen molar-refractivity contribution in [2.75, 3.05) is 45.2 Å². The summed E-state index contributed by atoms with van der Waals surface area (Å²) in [6, 6.07) is 6.37. The summed E-state index contributed by atoms with van der Waals surface area (Å²) in [4.78, 5) is 4.75. The molecule has 1 aliphatic rings. The van der Waals surface area contributed by atoms with Crippen LogP contribution >= 0.6 is 11.6 Å². The Morgan fingerprint density at radius 2 is 1.94 bits per heavy atom. The summed E-state index contributed by atoms with van der Waals surface area (Å²) in [7, 11) is 4.10. The summed E-state index contributed by atoms with van der Waals surface area (Å²) < 4.78 is 0. The summed E-state index contributed by atoms with van der Waals surface area (Å²) in [5.74, 6) is 0. The molecular weight excluding hydrogens is 234 g/mol. The highest BCUT2D eigenvalue weighted by molar-refractivity contribution is 6.31. The Balaban J connectivity index is 2.09. The van der Waals surface area contributed by atoms with Crippen LogP contribution in [0.15, 0.2) is 18.2 Å². The SMILES string of the molecule is CNCc1ccc(N2CCN(C)CC2)cc1Cl. The molecule has 1 aromatic carbocycles. The van der Waals surface area contributed by atoms with Crippen LogP contribution in [0, 0.1) is 0 Å². The van der Waals surface area contributed by atoms with Gasteiger partial charge in [0, 0.05) is 43.4 Å². The van der Waals surface area contributed by atoms with Gasteiger partial charge in [0.2, 0.25) is 0 Å². The first-order valence-electron chi connectivity index (χ1n) is 6.07. The number of anilines is 1. The Kier molecular flexibility index (Phi) is 4.26. The van der Waals surface area contributed by atoms with Crippen LogP contribution in [0.25, 0.3) is 0 Å². The third kappa shape index (κ3) is 3.12. The molecular formula is C13H20ClN3. The van der Waals surface area contributed by atoms with E-state index in [0.29, 0.717) is 0 Å². The molecule has 3 nitrogen and oxygen atoms in total. The Morgan fingerprint density at radius 1 is 1.24 bits per heavy atom. The van der Waals surface area contributed by atoms with E-state index in [-0.39, 0.29) is 0 Å². The van der Waals surface area contributed by atoms with Crippen LogP contribution in [0.5, 0.6) is 0 Å². The second kappa shape index (κ2) is 5.71. The van der Waals surface area contributed by atoms with Gasteiger partial charge in [-0.25, -0.2) is 0 Å². The van der Waals surface area contributed by atoms with Crippen molar-refractivity contribution in [3.8, 4) is 0 Å². The topological polar surface area (TPSA) is 18.5 Å². The second-order valence-corrected chi connectivity index (χ2v) is 5.00. The molecule has 0 aliphatic carbocycles. The van der Waals surface area contributed by atoms with Gasteiger partial charge in [0.15, 0.2) is 0 Å². The fraction of sp³-hybridized carbons (Fsp3) is 0.538. The van der Waals surface area contributed by atoms with Crippen molar-refractivity contribution >= 4 is 17.3 Å². The molecule has 0 spiro atoms. The summed E-state index contributed by atoms with van der Waals surface area (Å²) in [6.07, 6.45) is 0. The van der Waals surface area contributed by atoms with Gasteiger partial charge in [-0.2, -0.15) is 0 Å². The number of hydrogen-bond donors (Lipinski definition) is 1. The van der Waals surface area contributed by atoms with E-state index >= 15 is 0 Å². The molecule has 1 N–H and O–H groups in total. The van der Waals surface area contributed by atoms with Crippen molar-refractivity contribution in [3.05, 3.63) is 28.8 Å². The minimum atomic E-state index is 0.821. The zero-order valence-corrected chi connectivity index (χ0v) is 11.3. The van der Waals surface area contributed by atoms with E-state index in [9.17, 15) is 0 Å². The van der Waals surface area contributed by atoms with Crippen molar-refractivity contribution < 1.29 is 0 Å². The molecule has 2 rings (SSSR count). The maximum atomic E-state index is 6.28. The molecule has 0 bridgehead atoms. The predicted molar refractivity (Wildman–Crippen MR) is 73.9 cm³/mol. The minimum absolute atomic E-state index is 0.821. The molecule has 1 saturated heterocycles. The van der Waals surface area contributed by atoms with Gasteiger partial charge in [-0.1, -0.05) is 17.7 Å². The third-order valence-corrected chi connectivity index (χ3v) is 3.62. The fourth-order valence-corrected chi connectivity index (χ4v) is 2.37. The molecule has 0 atom stereocenters. The number of rotatable bonds is 3. The molecule has 1 aliphatic heterocycles. The molecule has 0 amide bonds. The Morgan fingerprint density at radius 3 is 2.53 bits per heavy atom. The fourth-order valence-electron chi connectivity index (χ4n) is 2.13. The number of nitrogens with zero attached hydrogens (tertiary/aromatic N) is 2. The lowest BCUT2D eigenvalue weighted by Crippen LogP contribution is -2.44. The van der Waals surface area contributed by atoms with Gasteiger partial charge in [0.25, 0.3) is 0 Å². The Hall–Kier alpha value is -0.770. The first kappa shape index (κ1) is 12.7. The van der Waals surface area contributed by atoms with Gasteiger partial charge in [0.1, 0.15) is 0 Å². The van der Waals surface area contributed by atoms with E-state index in [0.717, 1.165) is 43.3 Å². The molecule has 1 fully saturated rings. The zero-order chi connectivity index (χ0) is 12.3. The van der Waals surface area contributed by atoms with Gasteiger partial charge >= 0.3 is 0 Å². The number of halogens is 1. The average molecular weight is 254 g/mol. The van der Waals surface area contributed by atoms with Crippen LogP contribution in [0.1, 0.15) is 5.56 Å². The van der Waals surface area contributed by atoms with Gasteiger partial charge in [-0.3, -0.25) is 0 Å². The lowest BCUT2D eigenvalue weighted by molar-refractivity contribution is 0.313. The van der Waals surface area contributed by atoms with Gasteiger partial charge in [0.05, 0.1) is 0 Å². The summed E-state index contributed by atoms with van der Waals surface area (Å²) in [6.45, 7) is 5.23. The van der Waals surface area contributed by atoms with E-state index in [1.54, 1.807) is 0 Å². The average Bonchev–Trinajstić information content (AvgIpc) is 2.33. The molecule has 1 heterocycles. The van der Waals surface area contributed by atoms with Crippen LogP contribution in [-0.4, -0.2) is 45.2 Å². The number of benzene rings is 1. The molecule has 0 radical (unpaired) electrons. The molecule has 0 saturated carbocycles. The van der Waals surface area contributed by atoms with E-state index < -0.39 is 0 Å². The quantitative estimate of drug-likeness (QED) is 0.887. The van der Waals surface area contributed by atoms with Crippen LogP contribution in [-0.2, 0) is 6.54 Å². The lowest BCUT2D eigenvalue weighted by atomic mass is 10.1. The van der Waals surface area contributed by atoms with E-state index in [2.05, 4.69) is 40.4 Å². The Bertz CT molecular complexity index is 373. The second-order valence-electron chi connectivity index (χ2n) is 4.60. The first-order chi connectivity index (χ1) is 8.20.